The Kier molecular flexibility index (Phi) is 6.61. The summed E-state index contributed by atoms with van der Waals surface area (Å²) in [6.07, 6.45) is -0.0694. The quantitative estimate of drug-likeness (QED) is 0.429. The van der Waals surface area contributed by atoms with E-state index in [9.17, 15) is 4.79 Å². The van der Waals surface area contributed by atoms with Gasteiger partial charge in [0.1, 0.15) is 6.17 Å². The second kappa shape index (κ2) is 8.94. The zero-order chi connectivity index (χ0) is 19.3. The summed E-state index contributed by atoms with van der Waals surface area (Å²) in [6.45, 7) is 0.554. The minimum atomic E-state index is -1.68. The van der Waals surface area contributed by atoms with Crippen LogP contribution in [-0.2, 0) is 6.42 Å². The molecule has 1 atom stereocenters. The average Bonchev–Trinajstić information content (AvgIpc) is 2.66. The fourth-order valence-corrected chi connectivity index (χ4v) is 3.28. The lowest BCUT2D eigenvalue weighted by molar-refractivity contribution is 0.0931. The molecule has 3 nitrogen and oxygen atoms in total. The number of carbonyl (C=O) groups excluding carboxylic acids is 1. The highest BCUT2D eigenvalue weighted by atomic mass is 35.6. The van der Waals surface area contributed by atoms with E-state index < -0.39 is 9.96 Å². The highest BCUT2D eigenvalue weighted by Gasteiger charge is 2.33. The Bertz CT molecular complexity index is 905. The second-order valence-electron chi connectivity index (χ2n) is 6.16. The Balaban J connectivity index is 1.71. The molecule has 140 valence electrons. The summed E-state index contributed by atoms with van der Waals surface area (Å²) in [5, 5.41) is 7.77. The van der Waals surface area contributed by atoms with Gasteiger partial charge in [0.05, 0.1) is 0 Å². The molecule has 27 heavy (non-hydrogen) atoms. The summed E-state index contributed by atoms with van der Waals surface area (Å²) in [4.78, 5) is 12.8. The number of hydrogen-bond acceptors (Lipinski definition) is 2. The third-order valence-electron chi connectivity index (χ3n) is 4.24. The summed E-state index contributed by atoms with van der Waals surface area (Å²) >= 11 is 18.3. The Morgan fingerprint density at radius 1 is 0.889 bits per heavy atom. The van der Waals surface area contributed by atoms with Crippen LogP contribution in [0.4, 0.5) is 0 Å². The molecule has 3 aromatic carbocycles. The Morgan fingerprint density at radius 3 is 2.30 bits per heavy atom. The zero-order valence-corrected chi connectivity index (χ0v) is 16.7. The highest BCUT2D eigenvalue weighted by Crippen LogP contribution is 2.29. The van der Waals surface area contributed by atoms with Gasteiger partial charge in [0.15, 0.2) is 0 Å². The van der Waals surface area contributed by atoms with Crippen molar-refractivity contribution in [2.24, 2.45) is 0 Å². The van der Waals surface area contributed by atoms with Crippen LogP contribution >= 0.6 is 34.8 Å². The average molecular weight is 422 g/mol. The third kappa shape index (κ3) is 5.36. The maximum atomic E-state index is 12.8. The molecule has 1 amide bonds. The summed E-state index contributed by atoms with van der Waals surface area (Å²) < 4.78 is -1.68. The molecule has 2 N–H and O–H groups in total. The fourth-order valence-electron chi connectivity index (χ4n) is 2.89. The van der Waals surface area contributed by atoms with Gasteiger partial charge in [-0.3, -0.25) is 10.1 Å². The molecule has 3 aromatic rings. The number of hydrogen-bond donors (Lipinski definition) is 2. The van der Waals surface area contributed by atoms with Crippen LogP contribution in [0.1, 0.15) is 15.9 Å². The molecule has 0 radical (unpaired) electrons. The van der Waals surface area contributed by atoms with Crippen LogP contribution in [0.15, 0.2) is 72.8 Å². The van der Waals surface area contributed by atoms with Crippen molar-refractivity contribution in [3.63, 3.8) is 0 Å². The van der Waals surface area contributed by atoms with E-state index in [1.807, 2.05) is 66.7 Å². The number of nitrogens with one attached hydrogen (secondary N) is 2. The maximum Gasteiger partial charge on any atom is 0.253 e. The normalized spacial score (nSPS) is 12.7. The molecular formula is C21H19Cl3N2O. The molecule has 0 aliphatic rings. The van der Waals surface area contributed by atoms with Crippen molar-refractivity contribution in [1.82, 2.24) is 10.6 Å². The van der Waals surface area contributed by atoms with Crippen molar-refractivity contribution in [2.45, 2.75) is 16.4 Å². The van der Waals surface area contributed by atoms with Gasteiger partial charge in [0.2, 0.25) is 3.79 Å². The van der Waals surface area contributed by atoms with Gasteiger partial charge in [-0.1, -0.05) is 102 Å². The van der Waals surface area contributed by atoms with Crippen molar-refractivity contribution in [2.75, 3.05) is 6.54 Å². The third-order valence-corrected chi connectivity index (χ3v) is 4.90. The molecule has 0 spiro atoms. The van der Waals surface area contributed by atoms with E-state index in [-0.39, 0.29) is 5.91 Å². The summed E-state index contributed by atoms with van der Waals surface area (Å²) in [5.74, 6) is -0.296. The molecule has 0 heterocycles. The van der Waals surface area contributed by atoms with Gasteiger partial charge in [0, 0.05) is 12.1 Å². The first-order valence-corrected chi connectivity index (χ1v) is 9.71. The molecule has 0 saturated carbocycles. The molecule has 6 heteroatoms. The number of alkyl halides is 3. The van der Waals surface area contributed by atoms with Crippen molar-refractivity contribution in [3.05, 3.63) is 83.9 Å². The number of fused-ring (bicyclic) bond motifs is 1. The zero-order valence-electron chi connectivity index (χ0n) is 14.5. The standard InChI is InChI=1S/C21H19Cl3N2O/c22-21(23,24)20(25-14-13-15-7-2-1-3-8-15)26-19(27)18-12-6-10-16-9-4-5-11-17(16)18/h1-12,20,25H,13-14H2,(H,26,27)/t20-/m1/s1. The molecule has 0 aliphatic carbocycles. The maximum absolute atomic E-state index is 12.8. The van der Waals surface area contributed by atoms with Crippen LogP contribution in [0.25, 0.3) is 10.8 Å². The predicted molar refractivity (Wildman–Crippen MR) is 114 cm³/mol. The van der Waals surface area contributed by atoms with E-state index >= 15 is 0 Å². The van der Waals surface area contributed by atoms with Crippen LogP contribution in [0.5, 0.6) is 0 Å². The van der Waals surface area contributed by atoms with Gasteiger partial charge < -0.3 is 5.32 Å². The number of benzene rings is 3. The van der Waals surface area contributed by atoms with E-state index in [0.717, 1.165) is 22.8 Å². The first-order valence-electron chi connectivity index (χ1n) is 8.58. The van der Waals surface area contributed by atoms with Crippen LogP contribution in [-0.4, -0.2) is 22.4 Å². The van der Waals surface area contributed by atoms with E-state index in [2.05, 4.69) is 10.6 Å². The molecule has 0 fully saturated rings. The van der Waals surface area contributed by atoms with Crippen LogP contribution < -0.4 is 10.6 Å². The van der Waals surface area contributed by atoms with Crippen LogP contribution in [0.3, 0.4) is 0 Å². The van der Waals surface area contributed by atoms with Gasteiger partial charge in [-0.15, -0.1) is 0 Å². The first-order chi connectivity index (χ1) is 12.9. The largest absolute Gasteiger partial charge is 0.333 e. The lowest BCUT2D eigenvalue weighted by atomic mass is 10.0. The van der Waals surface area contributed by atoms with Gasteiger partial charge in [-0.2, -0.15) is 0 Å². The molecule has 0 saturated heterocycles. The Hall–Kier alpha value is -1.78. The minimum Gasteiger partial charge on any atom is -0.333 e. The van der Waals surface area contributed by atoms with Crippen molar-refractivity contribution >= 4 is 51.5 Å². The first kappa shape index (κ1) is 20.0. The molecule has 0 aromatic heterocycles. The summed E-state index contributed by atoms with van der Waals surface area (Å²) in [6, 6.07) is 23.2. The second-order valence-corrected chi connectivity index (χ2v) is 8.53. The molecule has 0 unspecified atom stereocenters. The number of rotatable bonds is 6. The van der Waals surface area contributed by atoms with Crippen molar-refractivity contribution in [3.8, 4) is 0 Å². The SMILES string of the molecule is O=C(N[C@@H](NCCc1ccccc1)C(Cl)(Cl)Cl)c1cccc2ccccc12. The lowest BCUT2D eigenvalue weighted by Gasteiger charge is -2.27. The van der Waals surface area contributed by atoms with Gasteiger partial charge in [0.25, 0.3) is 5.91 Å². The summed E-state index contributed by atoms with van der Waals surface area (Å²) in [5.41, 5.74) is 1.70. The fraction of sp³-hybridized carbons (Fsp3) is 0.190. The Morgan fingerprint density at radius 2 is 1.56 bits per heavy atom. The number of carbonyl (C=O) groups is 1. The molecule has 0 aliphatic heterocycles. The van der Waals surface area contributed by atoms with E-state index in [0.29, 0.717) is 12.1 Å². The van der Waals surface area contributed by atoms with Crippen LogP contribution in [0.2, 0.25) is 0 Å². The van der Waals surface area contributed by atoms with E-state index in [1.165, 1.54) is 0 Å². The summed E-state index contributed by atoms with van der Waals surface area (Å²) in [7, 11) is 0. The molecular weight excluding hydrogens is 403 g/mol. The minimum absolute atomic E-state index is 0.296. The molecule has 3 rings (SSSR count). The topological polar surface area (TPSA) is 41.1 Å². The number of halogens is 3. The van der Waals surface area contributed by atoms with Gasteiger partial charge >= 0.3 is 0 Å². The predicted octanol–water partition coefficient (Wildman–Crippen LogP) is 5.10. The lowest BCUT2D eigenvalue weighted by Crippen LogP contribution is -2.53. The van der Waals surface area contributed by atoms with E-state index in [1.54, 1.807) is 6.07 Å². The number of amides is 1. The van der Waals surface area contributed by atoms with Crippen molar-refractivity contribution in [1.29, 1.82) is 0 Å². The molecule has 0 bridgehead atoms. The van der Waals surface area contributed by atoms with Gasteiger partial charge in [-0.05, 0) is 28.8 Å². The van der Waals surface area contributed by atoms with E-state index in [4.69, 9.17) is 34.8 Å². The van der Waals surface area contributed by atoms with Gasteiger partial charge in [-0.25, -0.2) is 0 Å². The highest BCUT2D eigenvalue weighted by molar-refractivity contribution is 6.68. The van der Waals surface area contributed by atoms with Crippen molar-refractivity contribution < 1.29 is 4.79 Å². The monoisotopic (exact) mass is 420 g/mol. The Labute approximate surface area is 173 Å². The van der Waals surface area contributed by atoms with Crippen LogP contribution in [0, 0.1) is 0 Å². The smallest absolute Gasteiger partial charge is 0.253 e.